The summed E-state index contributed by atoms with van der Waals surface area (Å²) >= 11 is 0. The zero-order valence-corrected chi connectivity index (χ0v) is 21.6. The Hall–Kier alpha value is -4.14. The number of nitrogens with one attached hydrogen (secondary N) is 1. The number of aromatic nitrogens is 4. The highest BCUT2D eigenvalue weighted by Crippen LogP contribution is 2.30. The van der Waals surface area contributed by atoms with Crippen LogP contribution in [0.3, 0.4) is 0 Å². The van der Waals surface area contributed by atoms with Crippen LogP contribution in [-0.4, -0.2) is 61.8 Å². The molecule has 192 valence electrons. The number of imidazole rings is 1. The lowest BCUT2D eigenvalue weighted by Crippen LogP contribution is -2.51. The first kappa shape index (κ1) is 24.5. The number of nitrogens with zero attached hydrogens (tertiary/aromatic N) is 5. The van der Waals surface area contributed by atoms with Crippen LogP contribution in [0.15, 0.2) is 54.9 Å². The van der Waals surface area contributed by atoms with Crippen molar-refractivity contribution < 1.29 is 14.3 Å². The fraction of sp³-hybridized carbons (Fsp3) is 0.357. The van der Waals surface area contributed by atoms with Gasteiger partial charge in [-0.3, -0.25) is 14.3 Å². The van der Waals surface area contributed by atoms with Crippen LogP contribution in [0.2, 0.25) is 0 Å². The van der Waals surface area contributed by atoms with Gasteiger partial charge in [0.15, 0.2) is 0 Å². The van der Waals surface area contributed by atoms with E-state index in [9.17, 15) is 9.59 Å². The van der Waals surface area contributed by atoms with Crippen LogP contribution in [0.5, 0.6) is 5.88 Å². The Labute approximate surface area is 216 Å². The molecular weight excluding hydrogens is 468 g/mol. The molecule has 0 unspecified atom stereocenters. The van der Waals surface area contributed by atoms with Gasteiger partial charge < -0.3 is 19.5 Å². The van der Waals surface area contributed by atoms with Gasteiger partial charge in [-0.1, -0.05) is 30.3 Å². The van der Waals surface area contributed by atoms with E-state index < -0.39 is 0 Å². The minimum Gasteiger partial charge on any atom is -0.477 e. The lowest BCUT2D eigenvalue weighted by molar-refractivity contribution is 0.0671. The second-order valence-corrected chi connectivity index (χ2v) is 9.58. The summed E-state index contributed by atoms with van der Waals surface area (Å²) in [6.07, 6.45) is 2.41. The van der Waals surface area contributed by atoms with Gasteiger partial charge in [-0.2, -0.15) is 0 Å². The van der Waals surface area contributed by atoms with Crippen LogP contribution in [0.25, 0.3) is 11.0 Å². The van der Waals surface area contributed by atoms with Crippen molar-refractivity contribution in [3.8, 4) is 5.88 Å². The van der Waals surface area contributed by atoms with Crippen LogP contribution >= 0.6 is 0 Å². The molecule has 1 saturated heterocycles. The van der Waals surface area contributed by atoms with Gasteiger partial charge in [-0.05, 0) is 43.5 Å². The quantitative estimate of drug-likeness (QED) is 0.438. The highest BCUT2D eigenvalue weighted by atomic mass is 16.5. The average molecular weight is 501 g/mol. The van der Waals surface area contributed by atoms with Crippen LogP contribution in [-0.2, 0) is 14.1 Å². The van der Waals surface area contributed by atoms with Gasteiger partial charge in [0.05, 0.1) is 24.0 Å². The largest absolute Gasteiger partial charge is 0.477 e. The Morgan fingerprint density at radius 2 is 1.92 bits per heavy atom. The van der Waals surface area contributed by atoms with Gasteiger partial charge in [0, 0.05) is 50.8 Å². The lowest BCUT2D eigenvalue weighted by Gasteiger charge is -2.39. The maximum atomic E-state index is 13.6. The first-order chi connectivity index (χ1) is 17.9. The number of ether oxygens (including phenoxy) is 1. The predicted molar refractivity (Wildman–Crippen MR) is 141 cm³/mol. The van der Waals surface area contributed by atoms with E-state index in [4.69, 9.17) is 4.74 Å². The summed E-state index contributed by atoms with van der Waals surface area (Å²) in [7, 11) is 3.66. The molecule has 37 heavy (non-hydrogen) atoms. The zero-order chi connectivity index (χ0) is 26.1. The first-order valence-electron chi connectivity index (χ1n) is 12.6. The Balaban J connectivity index is 1.39. The molecule has 1 aliphatic heterocycles. The van der Waals surface area contributed by atoms with Crippen LogP contribution in [0, 0.1) is 6.92 Å². The molecule has 0 radical (unpaired) electrons. The molecule has 0 saturated carbocycles. The number of likely N-dealkylation sites (tertiary alicyclic amines) is 1. The molecule has 4 aromatic rings. The third-order valence-electron chi connectivity index (χ3n) is 7.09. The van der Waals surface area contributed by atoms with Gasteiger partial charge in [-0.15, -0.1) is 5.10 Å². The lowest BCUT2D eigenvalue weighted by atomic mass is 9.85. The highest BCUT2D eigenvalue weighted by Gasteiger charge is 2.34. The van der Waals surface area contributed by atoms with Gasteiger partial charge in [0.25, 0.3) is 11.8 Å². The molecule has 9 heteroatoms. The second-order valence-electron chi connectivity index (χ2n) is 9.58. The summed E-state index contributed by atoms with van der Waals surface area (Å²) in [5.41, 5.74) is 5.00. The van der Waals surface area contributed by atoms with E-state index in [1.165, 1.54) is 4.68 Å². The fourth-order valence-corrected chi connectivity index (χ4v) is 5.17. The van der Waals surface area contributed by atoms with Gasteiger partial charge in [0.2, 0.25) is 5.88 Å². The number of fused-ring (bicyclic) bond motifs is 1. The van der Waals surface area contributed by atoms with E-state index in [-0.39, 0.29) is 23.8 Å². The number of benzene rings is 2. The van der Waals surface area contributed by atoms with Crippen molar-refractivity contribution in [3.05, 3.63) is 77.2 Å². The number of aryl methyl sites for hydroxylation is 3. The van der Waals surface area contributed by atoms with Crippen molar-refractivity contribution >= 4 is 22.8 Å². The Kier molecular flexibility index (Phi) is 6.69. The second kappa shape index (κ2) is 10.1. The van der Waals surface area contributed by atoms with E-state index >= 15 is 0 Å². The number of hydrogen-bond acceptors (Lipinski definition) is 5. The summed E-state index contributed by atoms with van der Waals surface area (Å²) in [4.78, 5) is 33.2. The first-order valence-corrected chi connectivity index (χ1v) is 12.6. The van der Waals surface area contributed by atoms with Crippen molar-refractivity contribution in [3.63, 3.8) is 0 Å². The van der Waals surface area contributed by atoms with E-state index in [0.717, 1.165) is 22.2 Å². The molecule has 1 fully saturated rings. The molecular formula is C28H32N6O3. The monoisotopic (exact) mass is 500 g/mol. The summed E-state index contributed by atoms with van der Waals surface area (Å²) in [6, 6.07) is 15.4. The zero-order valence-electron chi connectivity index (χ0n) is 21.6. The van der Waals surface area contributed by atoms with E-state index in [0.29, 0.717) is 43.3 Å². The molecule has 0 bridgehead atoms. The molecule has 2 atom stereocenters. The van der Waals surface area contributed by atoms with E-state index in [2.05, 4.69) is 27.5 Å². The number of piperidine rings is 1. The van der Waals surface area contributed by atoms with Crippen molar-refractivity contribution in [2.24, 2.45) is 14.1 Å². The van der Waals surface area contributed by atoms with Crippen molar-refractivity contribution in [2.75, 3.05) is 19.7 Å². The number of amides is 2. The third-order valence-corrected chi connectivity index (χ3v) is 7.09. The minimum atomic E-state index is -0.205. The molecule has 1 aliphatic rings. The number of hydrogen-bond donors (Lipinski definition) is 1. The molecule has 2 amide bonds. The molecule has 3 heterocycles. The van der Waals surface area contributed by atoms with Gasteiger partial charge >= 0.3 is 0 Å². The summed E-state index contributed by atoms with van der Waals surface area (Å²) < 4.78 is 8.92. The summed E-state index contributed by atoms with van der Waals surface area (Å²) in [6.45, 7) is 5.39. The average Bonchev–Trinajstić information content (AvgIpc) is 3.46. The van der Waals surface area contributed by atoms with Crippen LogP contribution in [0.4, 0.5) is 0 Å². The van der Waals surface area contributed by atoms with Gasteiger partial charge in [0.1, 0.15) is 5.69 Å². The number of rotatable bonds is 6. The van der Waals surface area contributed by atoms with Crippen molar-refractivity contribution in [2.45, 2.75) is 32.2 Å². The Morgan fingerprint density at radius 3 is 2.68 bits per heavy atom. The van der Waals surface area contributed by atoms with E-state index in [1.807, 2.05) is 60.7 Å². The molecule has 5 rings (SSSR count). The SMILES string of the molecule is CCOc1cc(C(=O)N[C@@H]2CCN(C(=O)c3cc(C)c4ncn(C)c4c3)C[C@@H]2c2ccccc2)n(C)n1. The standard InChI is InChI=1S/C28H32N6O3/c1-5-37-25-15-24(33(4)31-25)27(35)30-22-11-12-34(16-21(22)19-9-7-6-8-10-19)28(36)20-13-18(2)26-23(14-20)32(3)17-29-26/h6-10,13-15,17,21-22H,5,11-12,16H2,1-4H3,(H,30,35)/t21-,22-/m1/s1. The molecule has 0 aliphatic carbocycles. The van der Waals surface area contributed by atoms with Crippen LogP contribution in [0.1, 0.15) is 51.2 Å². The molecule has 1 N–H and O–H groups in total. The maximum absolute atomic E-state index is 13.6. The molecule has 2 aromatic heterocycles. The predicted octanol–water partition coefficient (Wildman–Crippen LogP) is 3.44. The molecule has 2 aromatic carbocycles. The Morgan fingerprint density at radius 1 is 1.14 bits per heavy atom. The van der Waals surface area contributed by atoms with Gasteiger partial charge in [-0.25, -0.2) is 4.98 Å². The highest BCUT2D eigenvalue weighted by molar-refractivity contribution is 5.98. The van der Waals surface area contributed by atoms with Crippen LogP contribution < -0.4 is 10.1 Å². The molecule has 0 spiro atoms. The number of carbonyl (C=O) groups is 2. The third kappa shape index (κ3) is 4.81. The number of carbonyl (C=O) groups excluding carboxylic acids is 2. The molecule has 9 nitrogen and oxygen atoms in total. The topological polar surface area (TPSA) is 94.3 Å². The maximum Gasteiger partial charge on any atom is 0.269 e. The Bertz CT molecular complexity index is 1440. The summed E-state index contributed by atoms with van der Waals surface area (Å²) in [5, 5.41) is 7.48. The minimum absolute atomic E-state index is 0.00935. The van der Waals surface area contributed by atoms with E-state index in [1.54, 1.807) is 19.4 Å². The van der Waals surface area contributed by atoms with Crippen molar-refractivity contribution in [1.82, 2.24) is 29.5 Å². The smallest absolute Gasteiger partial charge is 0.269 e. The van der Waals surface area contributed by atoms with Crippen molar-refractivity contribution in [1.29, 1.82) is 0 Å². The fourth-order valence-electron chi connectivity index (χ4n) is 5.17. The summed E-state index contributed by atoms with van der Waals surface area (Å²) in [5.74, 6) is 0.161. The normalized spacial score (nSPS) is 17.7.